The largest absolute Gasteiger partial charge is 0.497 e. The van der Waals surface area contributed by atoms with E-state index in [-0.39, 0.29) is 12.1 Å². The summed E-state index contributed by atoms with van der Waals surface area (Å²) in [6, 6.07) is 10.5. The lowest BCUT2D eigenvalue weighted by Crippen LogP contribution is -2.28. The molecule has 0 saturated heterocycles. The maximum Gasteiger partial charge on any atom is 0.119 e. The highest BCUT2D eigenvalue weighted by atomic mass is 16.5. The molecule has 0 aliphatic heterocycles. The molecule has 0 radical (unpaired) electrons. The van der Waals surface area contributed by atoms with Crippen LogP contribution < -0.4 is 10.1 Å². The molecule has 1 N–H and O–H groups in total. The van der Waals surface area contributed by atoms with E-state index in [0.717, 1.165) is 5.75 Å². The van der Waals surface area contributed by atoms with Crippen molar-refractivity contribution in [1.29, 1.82) is 5.26 Å². The molecule has 0 fully saturated rings. The standard InChI is InChI=1S/C13H18N2O/c1-10(7-8-14)15-11(2)12-5-4-6-13(9-12)16-3/h4-6,9-11,15H,7H2,1-3H3/t10?,11-/m0/s1. The third-order valence-electron chi connectivity index (χ3n) is 2.53. The van der Waals surface area contributed by atoms with Crippen molar-refractivity contribution in [3.8, 4) is 11.8 Å². The number of nitriles is 1. The van der Waals surface area contributed by atoms with Crippen LogP contribution in [-0.4, -0.2) is 13.2 Å². The van der Waals surface area contributed by atoms with Crippen LogP contribution in [-0.2, 0) is 0 Å². The van der Waals surface area contributed by atoms with E-state index < -0.39 is 0 Å². The third-order valence-corrected chi connectivity index (χ3v) is 2.53. The van der Waals surface area contributed by atoms with Crippen LogP contribution >= 0.6 is 0 Å². The van der Waals surface area contributed by atoms with Crippen molar-refractivity contribution in [3.63, 3.8) is 0 Å². The molecule has 1 aromatic carbocycles. The minimum absolute atomic E-state index is 0.200. The zero-order valence-electron chi connectivity index (χ0n) is 10.0. The molecule has 0 saturated carbocycles. The van der Waals surface area contributed by atoms with Crippen LogP contribution in [0.2, 0.25) is 0 Å². The lowest BCUT2D eigenvalue weighted by atomic mass is 10.1. The van der Waals surface area contributed by atoms with Gasteiger partial charge in [-0.1, -0.05) is 12.1 Å². The Morgan fingerprint density at radius 2 is 2.19 bits per heavy atom. The van der Waals surface area contributed by atoms with Gasteiger partial charge in [0.1, 0.15) is 5.75 Å². The molecule has 1 rings (SSSR count). The molecular weight excluding hydrogens is 200 g/mol. The van der Waals surface area contributed by atoms with Crippen molar-refractivity contribution in [3.05, 3.63) is 29.8 Å². The summed E-state index contributed by atoms with van der Waals surface area (Å²) in [5.74, 6) is 0.860. The van der Waals surface area contributed by atoms with Crippen molar-refractivity contribution < 1.29 is 4.74 Å². The highest BCUT2D eigenvalue weighted by Crippen LogP contribution is 2.19. The van der Waals surface area contributed by atoms with Crippen molar-refractivity contribution >= 4 is 0 Å². The van der Waals surface area contributed by atoms with Crippen LogP contribution in [0.3, 0.4) is 0 Å². The summed E-state index contributed by atoms with van der Waals surface area (Å²) in [5.41, 5.74) is 1.17. The average molecular weight is 218 g/mol. The van der Waals surface area contributed by atoms with E-state index in [1.54, 1.807) is 7.11 Å². The Labute approximate surface area is 97.0 Å². The SMILES string of the molecule is COc1cccc([C@H](C)NC(C)CC#N)c1. The van der Waals surface area contributed by atoms with Gasteiger partial charge in [-0.05, 0) is 31.5 Å². The molecule has 16 heavy (non-hydrogen) atoms. The van der Waals surface area contributed by atoms with Crippen molar-refractivity contribution in [1.82, 2.24) is 5.32 Å². The molecule has 0 bridgehead atoms. The molecule has 0 aliphatic rings. The monoisotopic (exact) mass is 218 g/mol. The summed E-state index contributed by atoms with van der Waals surface area (Å²) in [6.07, 6.45) is 0.522. The van der Waals surface area contributed by atoms with E-state index in [0.29, 0.717) is 6.42 Å². The van der Waals surface area contributed by atoms with Crippen molar-refractivity contribution in [2.24, 2.45) is 0 Å². The zero-order chi connectivity index (χ0) is 12.0. The Bertz CT molecular complexity index is 370. The maximum atomic E-state index is 8.59. The molecule has 3 heteroatoms. The quantitative estimate of drug-likeness (QED) is 0.826. The number of methoxy groups -OCH3 is 1. The first kappa shape index (κ1) is 12.5. The van der Waals surface area contributed by atoms with Gasteiger partial charge in [0.2, 0.25) is 0 Å². The van der Waals surface area contributed by atoms with Gasteiger partial charge in [0.25, 0.3) is 0 Å². The number of ether oxygens (including phenoxy) is 1. The Kier molecular flexibility index (Phi) is 4.81. The molecular formula is C13H18N2O. The first-order chi connectivity index (χ1) is 7.67. The van der Waals surface area contributed by atoms with E-state index in [9.17, 15) is 0 Å². The predicted octanol–water partition coefficient (Wildman–Crippen LogP) is 2.65. The highest BCUT2D eigenvalue weighted by Gasteiger charge is 2.09. The molecule has 1 unspecified atom stereocenters. The lowest BCUT2D eigenvalue weighted by Gasteiger charge is -2.18. The predicted molar refractivity (Wildman–Crippen MR) is 64.2 cm³/mol. The topological polar surface area (TPSA) is 45.0 Å². The van der Waals surface area contributed by atoms with Gasteiger partial charge < -0.3 is 10.1 Å². The van der Waals surface area contributed by atoms with E-state index in [2.05, 4.69) is 24.4 Å². The second-order valence-electron chi connectivity index (χ2n) is 3.93. The van der Waals surface area contributed by atoms with E-state index >= 15 is 0 Å². The van der Waals surface area contributed by atoms with Gasteiger partial charge in [-0.25, -0.2) is 0 Å². The zero-order valence-corrected chi connectivity index (χ0v) is 10.0. The van der Waals surface area contributed by atoms with E-state index in [4.69, 9.17) is 10.00 Å². The normalized spacial score (nSPS) is 13.9. The summed E-state index contributed by atoms with van der Waals surface area (Å²) in [7, 11) is 1.66. The van der Waals surface area contributed by atoms with Crippen molar-refractivity contribution in [2.45, 2.75) is 32.4 Å². The molecule has 0 aromatic heterocycles. The molecule has 0 spiro atoms. The number of hydrogen-bond donors (Lipinski definition) is 1. The smallest absolute Gasteiger partial charge is 0.119 e. The second-order valence-corrected chi connectivity index (χ2v) is 3.93. The van der Waals surface area contributed by atoms with Crippen LogP contribution in [0.25, 0.3) is 0 Å². The fraction of sp³-hybridized carbons (Fsp3) is 0.462. The summed E-state index contributed by atoms with van der Waals surface area (Å²) in [4.78, 5) is 0. The summed E-state index contributed by atoms with van der Waals surface area (Å²) in [6.45, 7) is 4.10. The number of hydrogen-bond acceptors (Lipinski definition) is 3. The number of nitrogens with one attached hydrogen (secondary N) is 1. The van der Waals surface area contributed by atoms with Gasteiger partial charge in [0, 0.05) is 12.1 Å². The van der Waals surface area contributed by atoms with Gasteiger partial charge in [-0.2, -0.15) is 5.26 Å². The summed E-state index contributed by atoms with van der Waals surface area (Å²) >= 11 is 0. The van der Waals surface area contributed by atoms with Gasteiger partial charge in [0.15, 0.2) is 0 Å². The Morgan fingerprint density at radius 3 is 2.81 bits per heavy atom. The lowest BCUT2D eigenvalue weighted by molar-refractivity contribution is 0.412. The Morgan fingerprint density at radius 1 is 1.44 bits per heavy atom. The molecule has 1 aromatic rings. The average Bonchev–Trinajstić information content (AvgIpc) is 2.29. The minimum atomic E-state index is 0.200. The first-order valence-corrected chi connectivity index (χ1v) is 5.44. The van der Waals surface area contributed by atoms with Crippen LogP contribution in [0.1, 0.15) is 31.9 Å². The summed E-state index contributed by atoms with van der Waals surface area (Å²) in [5, 5.41) is 12.0. The second kappa shape index (κ2) is 6.14. The van der Waals surface area contributed by atoms with Gasteiger partial charge in [-0.15, -0.1) is 0 Å². The van der Waals surface area contributed by atoms with Gasteiger partial charge >= 0.3 is 0 Å². The molecule has 86 valence electrons. The van der Waals surface area contributed by atoms with Crippen molar-refractivity contribution in [2.75, 3.05) is 7.11 Å². The molecule has 3 nitrogen and oxygen atoms in total. The van der Waals surface area contributed by atoms with Crippen LogP contribution in [0, 0.1) is 11.3 Å². The Balaban J connectivity index is 2.65. The number of benzene rings is 1. The Hall–Kier alpha value is -1.53. The number of rotatable bonds is 5. The fourth-order valence-electron chi connectivity index (χ4n) is 1.63. The van der Waals surface area contributed by atoms with E-state index in [1.165, 1.54) is 5.56 Å². The molecule has 0 amide bonds. The highest BCUT2D eigenvalue weighted by molar-refractivity contribution is 5.30. The van der Waals surface area contributed by atoms with Crippen LogP contribution in [0.15, 0.2) is 24.3 Å². The molecule has 0 heterocycles. The van der Waals surface area contributed by atoms with Crippen LogP contribution in [0.4, 0.5) is 0 Å². The minimum Gasteiger partial charge on any atom is -0.497 e. The summed E-state index contributed by atoms with van der Waals surface area (Å²) < 4.78 is 5.18. The van der Waals surface area contributed by atoms with Gasteiger partial charge in [0.05, 0.1) is 19.6 Å². The van der Waals surface area contributed by atoms with E-state index in [1.807, 2.05) is 25.1 Å². The third kappa shape index (κ3) is 3.56. The fourth-order valence-corrected chi connectivity index (χ4v) is 1.63. The first-order valence-electron chi connectivity index (χ1n) is 5.44. The van der Waals surface area contributed by atoms with Crippen LogP contribution in [0.5, 0.6) is 5.75 Å². The number of nitrogens with zero attached hydrogens (tertiary/aromatic N) is 1. The molecule has 0 aliphatic carbocycles. The molecule has 2 atom stereocenters. The maximum absolute atomic E-state index is 8.59. The van der Waals surface area contributed by atoms with Gasteiger partial charge in [-0.3, -0.25) is 0 Å².